The quantitative estimate of drug-likeness (QED) is 0.199. The first-order valence-electron chi connectivity index (χ1n) is 10.2. The van der Waals surface area contributed by atoms with Gasteiger partial charge in [0.25, 0.3) is 0 Å². The van der Waals surface area contributed by atoms with E-state index >= 15 is 0 Å². The molecule has 0 N–H and O–H groups in total. The normalized spacial score (nSPS) is 23.7. The third-order valence-corrected chi connectivity index (χ3v) is 4.51. The maximum absolute atomic E-state index is 12.2. The van der Waals surface area contributed by atoms with Gasteiger partial charge in [-0.3, -0.25) is 19.2 Å². The summed E-state index contributed by atoms with van der Waals surface area (Å²) in [4.78, 5) is 55.0. The van der Waals surface area contributed by atoms with Gasteiger partial charge in [-0.05, 0) is 22.2 Å². The average molecular weight is 494 g/mol. The highest BCUT2D eigenvalue weighted by molar-refractivity contribution is 5.69. The van der Waals surface area contributed by atoms with Gasteiger partial charge in [0.1, 0.15) is 18.9 Å². The maximum atomic E-state index is 12.2. The Morgan fingerprint density at radius 1 is 0.971 bits per heavy atom. The summed E-state index contributed by atoms with van der Waals surface area (Å²) >= 11 is 0. The van der Waals surface area contributed by atoms with E-state index in [9.17, 15) is 24.4 Å². The second kappa shape index (κ2) is 10.9. The molecule has 0 aromatic carbocycles. The highest BCUT2D eigenvalue weighted by atomic mass is 16.7. The summed E-state index contributed by atoms with van der Waals surface area (Å²) in [5, 5.41) is 15.9. The number of aromatic nitrogens is 4. The molecule has 188 valence electrons. The second-order valence-corrected chi connectivity index (χ2v) is 7.30. The lowest BCUT2D eigenvalue weighted by Gasteiger charge is -2.43. The third-order valence-electron chi connectivity index (χ3n) is 4.51. The third kappa shape index (κ3) is 6.47. The number of ether oxygens (including phenoxy) is 6. The maximum Gasteiger partial charge on any atom is 0.373 e. The molecule has 15 heteroatoms. The van der Waals surface area contributed by atoms with E-state index in [0.717, 1.165) is 27.7 Å². The van der Waals surface area contributed by atoms with E-state index in [-0.39, 0.29) is 16.0 Å². The largest absolute Gasteiger partial charge is 0.690 e. The van der Waals surface area contributed by atoms with Gasteiger partial charge >= 0.3 is 35.5 Å². The fraction of sp³-hybridized carbons (Fsp3) is 0.500. The molecule has 1 fully saturated rings. The number of carbonyl (C=O) groups is 4. The van der Waals surface area contributed by atoms with Crippen LogP contribution in [0.4, 0.5) is 0 Å². The van der Waals surface area contributed by atoms with Gasteiger partial charge in [-0.1, -0.05) is 0 Å². The molecule has 0 saturated carbocycles. The first-order chi connectivity index (χ1) is 16.5. The molecule has 0 radical (unpaired) electrons. The lowest BCUT2D eigenvalue weighted by molar-refractivity contribution is -0.646. The SMILES string of the molecule is CC(=O)OC[C@H]1O[C@@H](Oc2nc3cccnc3[n+]([O-])n2)[C@H](OC(C)=O)[C@@H](OC(C)=O)[C@@H]1OC(C)=O. The average Bonchev–Trinajstić information content (AvgIpc) is 2.75. The minimum atomic E-state index is -1.58. The van der Waals surface area contributed by atoms with Gasteiger partial charge in [-0.2, -0.15) is 4.98 Å². The molecule has 0 amide bonds. The van der Waals surface area contributed by atoms with Crippen LogP contribution in [0.1, 0.15) is 27.7 Å². The smallest absolute Gasteiger partial charge is 0.373 e. The molecule has 1 aliphatic rings. The summed E-state index contributed by atoms with van der Waals surface area (Å²) in [7, 11) is 0. The number of esters is 4. The monoisotopic (exact) mass is 494 g/mol. The number of carbonyl (C=O) groups excluding carboxylic acids is 4. The molecule has 0 unspecified atom stereocenters. The summed E-state index contributed by atoms with van der Waals surface area (Å²) in [5.41, 5.74) is 0.0551. The standard InChI is InChI=1S/C20H22N4O11/c1-9(25)30-8-14-15(31-10(2)26)16(32-11(3)27)17(33-12(4)28)19(34-14)35-20-22-13-6-5-7-21-18(13)24(29)23-20/h5-7,14-17,19H,8H2,1-4H3/t14-,15-,16+,17-,19+/m1/s1. The Balaban J connectivity index is 2.02. The van der Waals surface area contributed by atoms with Crippen molar-refractivity contribution in [3.63, 3.8) is 0 Å². The Labute approximate surface area is 197 Å². The van der Waals surface area contributed by atoms with E-state index in [4.69, 9.17) is 28.4 Å². The molecule has 0 aliphatic carbocycles. The lowest BCUT2D eigenvalue weighted by Crippen LogP contribution is -2.63. The van der Waals surface area contributed by atoms with Gasteiger partial charge in [0.2, 0.25) is 12.4 Å². The van der Waals surface area contributed by atoms with Gasteiger partial charge in [0, 0.05) is 27.7 Å². The van der Waals surface area contributed by atoms with Crippen molar-refractivity contribution < 1.29 is 52.4 Å². The zero-order valence-electron chi connectivity index (χ0n) is 19.1. The van der Waals surface area contributed by atoms with E-state index in [2.05, 4.69) is 15.1 Å². The van der Waals surface area contributed by atoms with Crippen LogP contribution in [-0.2, 0) is 42.9 Å². The Hall–Kier alpha value is -4.14. The predicted molar refractivity (Wildman–Crippen MR) is 109 cm³/mol. The van der Waals surface area contributed by atoms with Crippen LogP contribution >= 0.6 is 0 Å². The molecule has 15 nitrogen and oxygen atoms in total. The highest BCUT2D eigenvalue weighted by Gasteiger charge is 2.53. The lowest BCUT2D eigenvalue weighted by atomic mass is 9.98. The van der Waals surface area contributed by atoms with Crippen molar-refractivity contribution in [1.82, 2.24) is 15.1 Å². The van der Waals surface area contributed by atoms with Crippen LogP contribution in [0.2, 0.25) is 0 Å². The minimum absolute atomic E-state index is 0.0820. The topological polar surface area (TPSA) is 189 Å². The van der Waals surface area contributed by atoms with Crippen molar-refractivity contribution >= 4 is 35.0 Å². The van der Waals surface area contributed by atoms with Crippen LogP contribution in [0, 0.1) is 5.21 Å². The molecule has 2 aromatic rings. The van der Waals surface area contributed by atoms with Crippen molar-refractivity contribution in [2.45, 2.75) is 58.4 Å². The van der Waals surface area contributed by atoms with E-state index in [0.29, 0.717) is 0 Å². The van der Waals surface area contributed by atoms with Gasteiger partial charge in [-0.25, -0.2) is 0 Å². The molecular formula is C20H22N4O11. The van der Waals surface area contributed by atoms with Crippen LogP contribution in [0.25, 0.3) is 11.2 Å². The Bertz CT molecular complexity index is 1130. The van der Waals surface area contributed by atoms with Crippen LogP contribution < -0.4 is 9.58 Å². The summed E-state index contributed by atoms with van der Waals surface area (Å²) < 4.78 is 32.2. The van der Waals surface area contributed by atoms with Gasteiger partial charge in [0.15, 0.2) is 17.7 Å². The first-order valence-corrected chi connectivity index (χ1v) is 10.2. The minimum Gasteiger partial charge on any atom is -0.690 e. The van der Waals surface area contributed by atoms with Gasteiger partial charge in [-0.15, -0.1) is 4.85 Å². The molecule has 1 saturated heterocycles. The molecule has 35 heavy (non-hydrogen) atoms. The Morgan fingerprint density at radius 2 is 1.60 bits per heavy atom. The van der Waals surface area contributed by atoms with Crippen molar-refractivity contribution in [3.05, 3.63) is 23.5 Å². The van der Waals surface area contributed by atoms with Gasteiger partial charge in [0.05, 0.1) is 0 Å². The molecule has 0 spiro atoms. The van der Waals surface area contributed by atoms with Crippen molar-refractivity contribution in [2.75, 3.05) is 6.61 Å². The number of hydrogen-bond acceptors (Lipinski definition) is 14. The van der Waals surface area contributed by atoms with Gasteiger partial charge < -0.3 is 33.6 Å². The van der Waals surface area contributed by atoms with Crippen molar-refractivity contribution in [2.24, 2.45) is 0 Å². The number of hydrogen-bond donors (Lipinski definition) is 0. The van der Waals surface area contributed by atoms with E-state index in [1.807, 2.05) is 0 Å². The fourth-order valence-electron chi connectivity index (χ4n) is 3.31. The predicted octanol–water partition coefficient (Wildman–Crippen LogP) is -0.880. The number of pyridine rings is 1. The summed E-state index contributed by atoms with van der Waals surface area (Å²) in [6.07, 6.45) is -5.73. The van der Waals surface area contributed by atoms with Crippen molar-refractivity contribution in [3.8, 4) is 6.01 Å². The first kappa shape index (κ1) is 25.5. The number of nitrogens with zero attached hydrogens (tertiary/aromatic N) is 4. The fourth-order valence-corrected chi connectivity index (χ4v) is 3.31. The number of rotatable bonds is 7. The summed E-state index contributed by atoms with van der Waals surface area (Å²) in [6, 6.07) is 2.53. The van der Waals surface area contributed by atoms with Crippen LogP contribution in [-0.4, -0.2) is 76.3 Å². The molecule has 0 bridgehead atoms. The highest BCUT2D eigenvalue weighted by Crippen LogP contribution is 2.30. The van der Waals surface area contributed by atoms with Crippen LogP contribution in [0.15, 0.2) is 18.3 Å². The zero-order chi connectivity index (χ0) is 25.7. The molecule has 1 aliphatic heterocycles. The summed E-state index contributed by atoms with van der Waals surface area (Å²) in [6.45, 7) is 3.97. The van der Waals surface area contributed by atoms with E-state index < -0.39 is 67.2 Å². The van der Waals surface area contributed by atoms with Crippen LogP contribution in [0.3, 0.4) is 0 Å². The molecule has 5 atom stereocenters. The zero-order valence-corrected chi connectivity index (χ0v) is 19.1. The Morgan fingerprint density at radius 3 is 2.23 bits per heavy atom. The Kier molecular flexibility index (Phi) is 7.91. The van der Waals surface area contributed by atoms with E-state index in [1.165, 1.54) is 18.3 Å². The van der Waals surface area contributed by atoms with Crippen molar-refractivity contribution in [1.29, 1.82) is 0 Å². The van der Waals surface area contributed by atoms with E-state index in [1.54, 1.807) is 0 Å². The molecular weight excluding hydrogens is 472 g/mol. The molecule has 3 rings (SSSR count). The summed E-state index contributed by atoms with van der Waals surface area (Å²) in [5.74, 6) is -3.06. The second-order valence-electron chi connectivity index (χ2n) is 7.30. The molecule has 2 aromatic heterocycles. The molecule has 3 heterocycles. The van der Waals surface area contributed by atoms with Crippen LogP contribution in [0.5, 0.6) is 6.01 Å². The number of fused-ring (bicyclic) bond motifs is 1.